The van der Waals surface area contributed by atoms with Crippen molar-refractivity contribution in [3.05, 3.63) is 41.1 Å². The highest BCUT2D eigenvalue weighted by Crippen LogP contribution is 2.30. The number of rotatable bonds is 5. The third kappa shape index (κ3) is 4.42. The summed E-state index contributed by atoms with van der Waals surface area (Å²) in [6, 6.07) is 6.43. The molecule has 7 heteroatoms. The van der Waals surface area contributed by atoms with Crippen LogP contribution in [0.25, 0.3) is 0 Å². The largest absolute Gasteiger partial charge is 0.497 e. The van der Waals surface area contributed by atoms with Gasteiger partial charge in [-0.05, 0) is 43.0 Å². The van der Waals surface area contributed by atoms with Crippen LogP contribution < -0.4 is 15.4 Å². The Morgan fingerprint density at radius 1 is 1.33 bits per heavy atom. The normalized spacial score (nSPS) is 23.4. The van der Waals surface area contributed by atoms with E-state index in [-0.39, 0.29) is 6.03 Å². The van der Waals surface area contributed by atoms with E-state index in [9.17, 15) is 9.59 Å². The zero-order chi connectivity index (χ0) is 19.4. The number of urea groups is 1. The molecule has 27 heavy (non-hydrogen) atoms. The van der Waals surface area contributed by atoms with E-state index in [4.69, 9.17) is 9.47 Å². The molecule has 2 amide bonds. The highest BCUT2D eigenvalue weighted by atomic mass is 16.5. The van der Waals surface area contributed by atoms with Crippen molar-refractivity contribution >= 4 is 12.0 Å². The SMILES string of the molecule is COC(=O)C1=C(CN2CCC[C@H](C)C2)NC(=O)N[C@H]1c1cccc(OC)c1. The quantitative estimate of drug-likeness (QED) is 0.774. The second kappa shape index (κ2) is 8.43. The fourth-order valence-corrected chi connectivity index (χ4v) is 3.82. The smallest absolute Gasteiger partial charge is 0.338 e. The molecular weight excluding hydrogens is 346 g/mol. The Balaban J connectivity index is 1.97. The van der Waals surface area contributed by atoms with Gasteiger partial charge in [0, 0.05) is 18.8 Å². The molecule has 1 aromatic carbocycles. The number of nitrogens with one attached hydrogen (secondary N) is 2. The van der Waals surface area contributed by atoms with Crippen molar-refractivity contribution in [2.45, 2.75) is 25.8 Å². The van der Waals surface area contributed by atoms with Crippen LogP contribution in [0, 0.1) is 5.92 Å². The van der Waals surface area contributed by atoms with E-state index in [0.717, 1.165) is 25.1 Å². The van der Waals surface area contributed by atoms with Gasteiger partial charge < -0.3 is 20.1 Å². The van der Waals surface area contributed by atoms with Gasteiger partial charge >= 0.3 is 12.0 Å². The van der Waals surface area contributed by atoms with Crippen LogP contribution in [0.15, 0.2) is 35.5 Å². The summed E-state index contributed by atoms with van der Waals surface area (Å²) in [7, 11) is 2.94. The molecule has 0 bridgehead atoms. The second-order valence-electron chi connectivity index (χ2n) is 7.17. The van der Waals surface area contributed by atoms with Crippen LogP contribution in [-0.2, 0) is 9.53 Å². The van der Waals surface area contributed by atoms with Crippen LogP contribution in [0.1, 0.15) is 31.4 Å². The van der Waals surface area contributed by atoms with E-state index in [1.54, 1.807) is 7.11 Å². The minimum Gasteiger partial charge on any atom is -0.497 e. The molecule has 3 rings (SSSR count). The van der Waals surface area contributed by atoms with Crippen molar-refractivity contribution in [2.24, 2.45) is 5.92 Å². The molecule has 2 aliphatic rings. The Morgan fingerprint density at radius 2 is 2.15 bits per heavy atom. The van der Waals surface area contributed by atoms with Crippen molar-refractivity contribution < 1.29 is 19.1 Å². The van der Waals surface area contributed by atoms with E-state index >= 15 is 0 Å². The first-order valence-corrected chi connectivity index (χ1v) is 9.27. The van der Waals surface area contributed by atoms with Crippen molar-refractivity contribution in [3.63, 3.8) is 0 Å². The minimum atomic E-state index is -0.585. The Kier molecular flexibility index (Phi) is 6.01. The van der Waals surface area contributed by atoms with E-state index in [2.05, 4.69) is 22.5 Å². The number of esters is 1. The van der Waals surface area contributed by atoms with Crippen LogP contribution in [-0.4, -0.2) is 50.8 Å². The summed E-state index contributed by atoms with van der Waals surface area (Å²) in [6.07, 6.45) is 2.33. The highest BCUT2D eigenvalue weighted by Gasteiger charge is 2.34. The van der Waals surface area contributed by atoms with Gasteiger partial charge in [-0.1, -0.05) is 19.1 Å². The standard InChI is InChI=1S/C20H27N3O4/c1-13-6-5-9-23(11-13)12-16-17(19(24)27-3)18(22-20(25)21-16)14-7-4-8-15(10-14)26-2/h4,7-8,10,13,18H,5-6,9,11-12H2,1-3H3,(H2,21,22,25)/t13-,18-/m0/s1. The number of methoxy groups -OCH3 is 2. The van der Waals surface area contributed by atoms with Crippen molar-refractivity contribution in [1.82, 2.24) is 15.5 Å². The molecule has 0 unspecified atom stereocenters. The minimum absolute atomic E-state index is 0.324. The fraction of sp³-hybridized carbons (Fsp3) is 0.500. The molecule has 0 aromatic heterocycles. The molecule has 0 saturated carbocycles. The molecule has 2 N–H and O–H groups in total. The van der Waals surface area contributed by atoms with E-state index in [0.29, 0.717) is 29.5 Å². The number of likely N-dealkylation sites (tertiary alicyclic amines) is 1. The number of benzene rings is 1. The van der Waals surface area contributed by atoms with E-state index < -0.39 is 12.0 Å². The first-order valence-electron chi connectivity index (χ1n) is 9.27. The third-order valence-corrected chi connectivity index (χ3v) is 5.11. The summed E-state index contributed by atoms with van der Waals surface area (Å²) < 4.78 is 10.3. The second-order valence-corrected chi connectivity index (χ2v) is 7.17. The Morgan fingerprint density at radius 3 is 2.85 bits per heavy atom. The summed E-state index contributed by atoms with van der Waals surface area (Å²) in [4.78, 5) is 27.2. The molecule has 2 aliphatic heterocycles. The van der Waals surface area contributed by atoms with Crippen molar-refractivity contribution in [3.8, 4) is 5.75 Å². The molecule has 1 aromatic rings. The molecule has 0 spiro atoms. The van der Waals surface area contributed by atoms with Crippen LogP contribution in [0.5, 0.6) is 5.75 Å². The average molecular weight is 373 g/mol. The molecule has 0 aliphatic carbocycles. The van der Waals surface area contributed by atoms with Crippen LogP contribution in [0.2, 0.25) is 0 Å². The number of carbonyl (C=O) groups is 2. The van der Waals surface area contributed by atoms with Gasteiger partial charge in [-0.3, -0.25) is 4.90 Å². The maximum Gasteiger partial charge on any atom is 0.338 e. The Labute approximate surface area is 159 Å². The van der Waals surface area contributed by atoms with Crippen molar-refractivity contribution in [2.75, 3.05) is 33.9 Å². The number of hydrogen-bond acceptors (Lipinski definition) is 5. The Hall–Kier alpha value is -2.54. The maximum atomic E-state index is 12.6. The average Bonchev–Trinajstić information content (AvgIpc) is 2.67. The molecule has 0 radical (unpaired) electrons. The predicted molar refractivity (Wildman–Crippen MR) is 101 cm³/mol. The monoisotopic (exact) mass is 373 g/mol. The third-order valence-electron chi connectivity index (χ3n) is 5.11. The summed E-state index contributed by atoms with van der Waals surface area (Å²) in [5, 5.41) is 5.67. The summed E-state index contributed by atoms with van der Waals surface area (Å²) in [6.45, 7) is 4.64. The molecule has 1 saturated heterocycles. The zero-order valence-corrected chi connectivity index (χ0v) is 16.1. The Bertz CT molecular complexity index is 746. The van der Waals surface area contributed by atoms with Crippen molar-refractivity contribution in [1.29, 1.82) is 0 Å². The molecule has 146 valence electrons. The lowest BCUT2D eigenvalue weighted by molar-refractivity contribution is -0.136. The zero-order valence-electron chi connectivity index (χ0n) is 16.1. The summed E-state index contributed by atoms with van der Waals surface area (Å²) in [5.74, 6) is 0.818. The van der Waals surface area contributed by atoms with Crippen LogP contribution in [0.4, 0.5) is 4.79 Å². The van der Waals surface area contributed by atoms with Gasteiger partial charge in [-0.2, -0.15) is 0 Å². The molecule has 7 nitrogen and oxygen atoms in total. The summed E-state index contributed by atoms with van der Waals surface area (Å²) in [5.41, 5.74) is 1.81. The number of amides is 2. The number of carbonyl (C=O) groups excluding carboxylic acids is 2. The van der Waals surface area contributed by atoms with Gasteiger partial charge in [0.1, 0.15) is 5.75 Å². The lowest BCUT2D eigenvalue weighted by atomic mass is 9.94. The predicted octanol–water partition coefficient (Wildman–Crippen LogP) is 2.21. The van der Waals surface area contributed by atoms with E-state index in [1.165, 1.54) is 13.5 Å². The molecule has 2 atom stereocenters. The van der Waals surface area contributed by atoms with Gasteiger partial charge in [-0.15, -0.1) is 0 Å². The van der Waals surface area contributed by atoms with Gasteiger partial charge in [0.15, 0.2) is 0 Å². The first kappa shape index (κ1) is 19.2. The maximum absolute atomic E-state index is 12.6. The van der Waals surface area contributed by atoms with Gasteiger partial charge in [0.25, 0.3) is 0 Å². The first-order chi connectivity index (χ1) is 13.0. The molecule has 2 heterocycles. The highest BCUT2D eigenvalue weighted by molar-refractivity contribution is 5.95. The number of piperidine rings is 1. The van der Waals surface area contributed by atoms with Crippen LogP contribution in [0.3, 0.4) is 0 Å². The fourth-order valence-electron chi connectivity index (χ4n) is 3.82. The van der Waals surface area contributed by atoms with Gasteiger partial charge in [0.2, 0.25) is 0 Å². The van der Waals surface area contributed by atoms with Gasteiger partial charge in [-0.25, -0.2) is 9.59 Å². The lowest BCUT2D eigenvalue weighted by Gasteiger charge is -2.35. The topological polar surface area (TPSA) is 79.9 Å². The van der Waals surface area contributed by atoms with E-state index in [1.807, 2.05) is 24.3 Å². The number of nitrogens with zero attached hydrogens (tertiary/aromatic N) is 1. The summed E-state index contributed by atoms with van der Waals surface area (Å²) >= 11 is 0. The lowest BCUT2D eigenvalue weighted by Crippen LogP contribution is -2.49. The number of ether oxygens (including phenoxy) is 2. The molecular formula is C20H27N3O4. The van der Waals surface area contributed by atoms with Gasteiger partial charge in [0.05, 0.1) is 25.8 Å². The van der Waals surface area contributed by atoms with Crippen LogP contribution >= 0.6 is 0 Å². The number of hydrogen-bond donors (Lipinski definition) is 2. The molecule has 1 fully saturated rings.